The van der Waals surface area contributed by atoms with Gasteiger partial charge in [0.2, 0.25) is 0 Å². The molecule has 0 bridgehead atoms. The molecule has 1 rings (SSSR count). The molecule has 0 saturated heterocycles. The fourth-order valence-electron chi connectivity index (χ4n) is 1.08. The van der Waals surface area contributed by atoms with Crippen molar-refractivity contribution in [3.05, 3.63) is 21.9 Å². The maximum absolute atomic E-state index is 11.7. The van der Waals surface area contributed by atoms with Crippen LogP contribution in [0.3, 0.4) is 0 Å². The molecule has 16 heavy (non-hydrogen) atoms. The number of thiophene rings is 1. The minimum absolute atomic E-state index is 0.177. The summed E-state index contributed by atoms with van der Waals surface area (Å²) in [5.41, 5.74) is 1.39. The van der Waals surface area contributed by atoms with Gasteiger partial charge in [0, 0.05) is 4.88 Å². The monoisotopic (exact) mass is 260 g/mol. The van der Waals surface area contributed by atoms with E-state index in [1.165, 1.54) is 10.4 Å². The van der Waals surface area contributed by atoms with E-state index in [2.05, 4.69) is 18.4 Å². The van der Waals surface area contributed by atoms with Gasteiger partial charge in [-0.2, -0.15) is 0 Å². The highest BCUT2D eigenvalue weighted by molar-refractivity contribution is 7.10. The Bertz CT molecular complexity index is 273. The van der Waals surface area contributed by atoms with Gasteiger partial charge < -0.3 is 0 Å². The van der Waals surface area contributed by atoms with E-state index in [-0.39, 0.29) is 6.67 Å². The normalized spacial score (nSPS) is 10.9. The van der Waals surface area contributed by atoms with Crippen LogP contribution in [-0.2, 0) is 6.42 Å². The van der Waals surface area contributed by atoms with Crippen molar-refractivity contribution in [1.29, 1.82) is 0 Å². The van der Waals surface area contributed by atoms with Crippen molar-refractivity contribution in [3.63, 3.8) is 0 Å². The molecule has 0 saturated carbocycles. The predicted molar refractivity (Wildman–Crippen MR) is 55.1 cm³/mol. The summed E-state index contributed by atoms with van der Waals surface area (Å²) in [5, 5.41) is 2.10. The smallest absolute Gasteiger partial charge is 0.251 e. The Hall–Kier alpha value is -0.650. The molecule has 94 valence electrons. The summed E-state index contributed by atoms with van der Waals surface area (Å²) in [7, 11) is 0. The molecule has 0 atom stereocenters. The number of halogens is 5. The largest absolute Gasteiger partial charge is 0.559 e. The Morgan fingerprint density at radius 2 is 1.75 bits per heavy atom. The molecule has 0 spiro atoms. The third-order valence-electron chi connectivity index (χ3n) is 1.80. The van der Waals surface area contributed by atoms with Crippen molar-refractivity contribution < 1.29 is 22.0 Å². The zero-order chi connectivity index (χ0) is 12.6. The Labute approximate surface area is 95.1 Å². The maximum atomic E-state index is 11.7. The van der Waals surface area contributed by atoms with Crippen LogP contribution in [0.4, 0.5) is 22.0 Å². The van der Waals surface area contributed by atoms with Crippen LogP contribution in [0, 0.1) is 6.92 Å². The van der Waals surface area contributed by atoms with Crippen molar-refractivity contribution in [2.75, 3.05) is 6.67 Å². The summed E-state index contributed by atoms with van der Waals surface area (Å²) in [6.45, 7) is 1.94. The van der Waals surface area contributed by atoms with Gasteiger partial charge in [-0.25, -0.2) is 0 Å². The number of alkyl halides is 5. The highest BCUT2D eigenvalue weighted by Gasteiger charge is 2.24. The van der Waals surface area contributed by atoms with E-state index in [1.807, 2.05) is 0 Å². The standard InChI is InChI=1S/C9H13FS.CF4/c1-8-9(5-7-11-8)4-2-3-6-10;2-1(3,4)5/h5,7H,2-4,6H2,1H3;. The highest BCUT2D eigenvalue weighted by atomic mass is 32.1. The first kappa shape index (κ1) is 15.3. The van der Waals surface area contributed by atoms with Gasteiger partial charge >= 0.3 is 6.43 Å². The zero-order valence-electron chi connectivity index (χ0n) is 8.78. The minimum atomic E-state index is -5.50. The van der Waals surface area contributed by atoms with Crippen LogP contribution in [0.15, 0.2) is 11.4 Å². The quantitative estimate of drug-likeness (QED) is 0.537. The van der Waals surface area contributed by atoms with Gasteiger partial charge in [0.15, 0.2) is 0 Å². The Morgan fingerprint density at radius 1 is 1.19 bits per heavy atom. The van der Waals surface area contributed by atoms with Crippen molar-refractivity contribution in [3.8, 4) is 0 Å². The molecule has 1 heterocycles. The number of aryl methyl sites for hydroxylation is 2. The molecule has 0 radical (unpaired) electrons. The fraction of sp³-hybridized carbons (Fsp3) is 0.600. The molecular formula is C10H13F5S. The summed E-state index contributed by atoms with van der Waals surface area (Å²) in [5.74, 6) is 0. The molecule has 1 aromatic heterocycles. The van der Waals surface area contributed by atoms with Crippen LogP contribution >= 0.6 is 11.3 Å². The second-order valence-electron chi connectivity index (χ2n) is 3.08. The van der Waals surface area contributed by atoms with E-state index < -0.39 is 6.43 Å². The summed E-state index contributed by atoms with van der Waals surface area (Å²) in [6, 6.07) is 2.14. The number of rotatable bonds is 4. The van der Waals surface area contributed by atoms with Crippen LogP contribution in [0.1, 0.15) is 23.3 Å². The molecule has 0 aliphatic rings. The highest BCUT2D eigenvalue weighted by Crippen LogP contribution is 2.17. The lowest BCUT2D eigenvalue weighted by Crippen LogP contribution is -1.92. The first-order valence-electron chi connectivity index (χ1n) is 4.69. The summed E-state index contributed by atoms with van der Waals surface area (Å²) in [6.07, 6.45) is -2.78. The van der Waals surface area contributed by atoms with Gasteiger partial charge in [-0.1, -0.05) is 0 Å². The molecular weight excluding hydrogens is 247 g/mol. The molecule has 0 amide bonds. The lowest BCUT2D eigenvalue weighted by atomic mass is 10.1. The minimum Gasteiger partial charge on any atom is -0.251 e. The van der Waals surface area contributed by atoms with Gasteiger partial charge in [0.05, 0.1) is 6.67 Å². The van der Waals surface area contributed by atoms with Crippen LogP contribution in [0.2, 0.25) is 0 Å². The molecule has 0 fully saturated rings. The van der Waals surface area contributed by atoms with Crippen LogP contribution in [0.25, 0.3) is 0 Å². The molecule has 0 unspecified atom stereocenters. The molecule has 0 aromatic carbocycles. The zero-order valence-corrected chi connectivity index (χ0v) is 9.60. The van der Waals surface area contributed by atoms with E-state index in [4.69, 9.17) is 0 Å². The Morgan fingerprint density at radius 3 is 2.12 bits per heavy atom. The average Bonchev–Trinajstić information content (AvgIpc) is 2.49. The third-order valence-corrected chi connectivity index (χ3v) is 2.68. The van der Waals surface area contributed by atoms with Crippen LogP contribution < -0.4 is 0 Å². The first-order valence-corrected chi connectivity index (χ1v) is 5.57. The second-order valence-corrected chi connectivity index (χ2v) is 4.20. The molecule has 6 heteroatoms. The third kappa shape index (κ3) is 9.89. The van der Waals surface area contributed by atoms with Crippen LogP contribution in [0.5, 0.6) is 0 Å². The molecule has 0 N–H and O–H groups in total. The van der Waals surface area contributed by atoms with Crippen molar-refractivity contribution in [1.82, 2.24) is 0 Å². The number of hydrogen-bond acceptors (Lipinski definition) is 1. The molecule has 0 nitrogen and oxygen atoms in total. The second kappa shape index (κ2) is 7.60. The number of unbranched alkanes of at least 4 members (excludes halogenated alkanes) is 1. The van der Waals surface area contributed by atoms with Gasteiger partial charge in [-0.05, 0) is 43.2 Å². The van der Waals surface area contributed by atoms with E-state index in [0.717, 1.165) is 12.8 Å². The van der Waals surface area contributed by atoms with Gasteiger partial charge in [0.25, 0.3) is 0 Å². The van der Waals surface area contributed by atoms with Gasteiger partial charge in [-0.3, -0.25) is 4.39 Å². The first-order chi connectivity index (χ1) is 7.34. The molecule has 1 aromatic rings. The van der Waals surface area contributed by atoms with E-state index >= 15 is 0 Å². The molecule has 0 aliphatic carbocycles. The van der Waals surface area contributed by atoms with Crippen LogP contribution in [-0.4, -0.2) is 13.1 Å². The Kier molecular flexibility index (Phi) is 7.29. The summed E-state index contributed by atoms with van der Waals surface area (Å²) in [4.78, 5) is 1.38. The van der Waals surface area contributed by atoms with E-state index in [0.29, 0.717) is 6.42 Å². The van der Waals surface area contributed by atoms with Gasteiger partial charge in [0.1, 0.15) is 0 Å². The van der Waals surface area contributed by atoms with Crippen molar-refractivity contribution >= 4 is 11.3 Å². The predicted octanol–water partition coefficient (Wildman–Crippen LogP) is 4.82. The van der Waals surface area contributed by atoms with E-state index in [9.17, 15) is 22.0 Å². The average molecular weight is 260 g/mol. The summed E-state index contributed by atoms with van der Waals surface area (Å²) >= 11 is 1.77. The maximum Gasteiger partial charge on any atom is 0.559 e. The van der Waals surface area contributed by atoms with Crippen molar-refractivity contribution in [2.24, 2.45) is 0 Å². The lowest BCUT2D eigenvalue weighted by molar-refractivity contribution is -0.237. The SMILES string of the molecule is Cc1sccc1CCCCF.FC(F)(F)F. The topological polar surface area (TPSA) is 0 Å². The van der Waals surface area contributed by atoms with E-state index in [1.54, 1.807) is 11.3 Å². The molecule has 0 aliphatic heterocycles. The number of hydrogen-bond donors (Lipinski definition) is 0. The van der Waals surface area contributed by atoms with Gasteiger partial charge in [-0.15, -0.1) is 28.9 Å². The summed E-state index contributed by atoms with van der Waals surface area (Å²) < 4.78 is 50.5. The van der Waals surface area contributed by atoms with Crippen molar-refractivity contribution in [2.45, 2.75) is 32.6 Å². The fourth-order valence-corrected chi connectivity index (χ4v) is 1.84. The lowest BCUT2D eigenvalue weighted by Gasteiger charge is -1.96. The Balaban J connectivity index is 0.000000385.